The van der Waals surface area contributed by atoms with Crippen LogP contribution in [0.15, 0.2) is 77.3 Å². The molecule has 0 unspecified atom stereocenters. The van der Waals surface area contributed by atoms with Crippen molar-refractivity contribution in [2.75, 3.05) is 14.2 Å². The highest BCUT2D eigenvalue weighted by atomic mass is 79.9. The molecule has 0 aromatic heterocycles. The second kappa shape index (κ2) is 13.5. The second-order valence-corrected chi connectivity index (χ2v) is 11.2. The van der Waals surface area contributed by atoms with Crippen LogP contribution in [0.1, 0.15) is 43.9 Å². The van der Waals surface area contributed by atoms with Crippen molar-refractivity contribution in [3.05, 3.63) is 94.0 Å². The first-order valence-corrected chi connectivity index (χ1v) is 13.5. The van der Waals surface area contributed by atoms with E-state index in [1.807, 2.05) is 93.6 Å². The van der Waals surface area contributed by atoms with Gasteiger partial charge in [-0.2, -0.15) is 0 Å². The lowest BCUT2D eigenvalue weighted by atomic mass is 9.99. The largest absolute Gasteiger partial charge is 0.493 e. The molecule has 38 heavy (non-hydrogen) atoms. The number of methoxy groups -OCH3 is 2. The number of nitrogens with one attached hydrogen (secondary N) is 1. The van der Waals surface area contributed by atoms with E-state index in [4.69, 9.17) is 9.47 Å². The fourth-order valence-corrected chi connectivity index (χ4v) is 4.72. The first-order valence-electron chi connectivity index (χ1n) is 12.7. The van der Waals surface area contributed by atoms with Crippen LogP contribution in [0.25, 0.3) is 0 Å². The molecule has 7 heteroatoms. The normalized spacial score (nSPS) is 11.9. The Bertz CT molecular complexity index is 1220. The zero-order chi connectivity index (χ0) is 27.7. The Balaban J connectivity index is 1.93. The van der Waals surface area contributed by atoms with Crippen molar-refractivity contribution in [1.29, 1.82) is 0 Å². The highest BCUT2D eigenvalue weighted by Crippen LogP contribution is 2.28. The molecular formula is C31H37BrN2O4. The van der Waals surface area contributed by atoms with Crippen molar-refractivity contribution in [2.24, 2.45) is 0 Å². The lowest BCUT2D eigenvalue weighted by Gasteiger charge is -2.34. The van der Waals surface area contributed by atoms with Crippen LogP contribution in [0.3, 0.4) is 0 Å². The minimum atomic E-state index is -0.673. The van der Waals surface area contributed by atoms with Gasteiger partial charge in [0.15, 0.2) is 11.5 Å². The predicted octanol–water partition coefficient (Wildman–Crippen LogP) is 5.95. The summed E-state index contributed by atoms with van der Waals surface area (Å²) in [5, 5.41) is 3.10. The zero-order valence-electron chi connectivity index (χ0n) is 22.8. The quantitative estimate of drug-likeness (QED) is 0.304. The Labute approximate surface area is 234 Å². The Kier molecular flexibility index (Phi) is 10.4. The summed E-state index contributed by atoms with van der Waals surface area (Å²) in [6.07, 6.45) is 1.17. The summed E-state index contributed by atoms with van der Waals surface area (Å²) in [6, 6.07) is 22.6. The van der Waals surface area contributed by atoms with Gasteiger partial charge in [0.1, 0.15) is 6.04 Å². The summed E-state index contributed by atoms with van der Waals surface area (Å²) in [4.78, 5) is 29.2. The topological polar surface area (TPSA) is 67.9 Å². The van der Waals surface area contributed by atoms with Gasteiger partial charge in [-0.3, -0.25) is 9.59 Å². The highest BCUT2D eigenvalue weighted by Gasteiger charge is 2.32. The standard InChI is InChI=1S/C31H37BrN2O4/c1-31(2,3)33-30(36)26(19-22-10-7-6-8-11-22)34(21-24-12-9-13-25(32)18-24)29(35)17-15-23-14-16-27(37-4)28(20-23)38-5/h6-14,16,18,20,26H,15,17,19,21H2,1-5H3,(H,33,36)/t26-/m1/s1. The molecule has 1 N–H and O–H groups in total. The average Bonchev–Trinajstić information content (AvgIpc) is 2.88. The van der Waals surface area contributed by atoms with Crippen molar-refractivity contribution in [2.45, 2.75) is 58.2 Å². The van der Waals surface area contributed by atoms with Gasteiger partial charge in [-0.05, 0) is 68.1 Å². The second-order valence-electron chi connectivity index (χ2n) is 10.3. The number of halogens is 1. The van der Waals surface area contributed by atoms with Crippen molar-refractivity contribution in [1.82, 2.24) is 10.2 Å². The molecule has 0 aliphatic heterocycles. The van der Waals surface area contributed by atoms with E-state index in [1.54, 1.807) is 19.1 Å². The number of hydrogen-bond acceptors (Lipinski definition) is 4. The molecule has 6 nitrogen and oxygen atoms in total. The summed E-state index contributed by atoms with van der Waals surface area (Å²) in [7, 11) is 3.19. The van der Waals surface area contributed by atoms with Gasteiger partial charge in [-0.15, -0.1) is 0 Å². The van der Waals surface area contributed by atoms with Crippen LogP contribution in [-0.2, 0) is 29.0 Å². The molecule has 0 spiro atoms. The van der Waals surface area contributed by atoms with E-state index in [0.717, 1.165) is 21.2 Å². The third kappa shape index (κ3) is 8.62. The molecule has 3 rings (SSSR count). The first kappa shape index (κ1) is 29.2. The van der Waals surface area contributed by atoms with E-state index in [-0.39, 0.29) is 18.2 Å². The zero-order valence-corrected chi connectivity index (χ0v) is 24.4. The third-order valence-corrected chi connectivity index (χ3v) is 6.58. The molecule has 202 valence electrons. The van der Waals surface area contributed by atoms with Crippen LogP contribution in [0.4, 0.5) is 0 Å². The van der Waals surface area contributed by atoms with Crippen molar-refractivity contribution < 1.29 is 19.1 Å². The number of rotatable bonds is 11. The number of amides is 2. The van der Waals surface area contributed by atoms with Crippen molar-refractivity contribution in [3.63, 3.8) is 0 Å². The number of nitrogens with zero attached hydrogens (tertiary/aromatic N) is 1. The van der Waals surface area contributed by atoms with Gasteiger partial charge < -0.3 is 19.7 Å². The van der Waals surface area contributed by atoms with E-state index < -0.39 is 11.6 Å². The van der Waals surface area contributed by atoms with Crippen LogP contribution >= 0.6 is 15.9 Å². The minimum absolute atomic E-state index is 0.0928. The molecule has 0 heterocycles. The maximum absolute atomic E-state index is 13.9. The molecule has 0 saturated carbocycles. The fraction of sp³-hybridized carbons (Fsp3) is 0.355. The van der Waals surface area contributed by atoms with E-state index in [2.05, 4.69) is 21.2 Å². The number of ether oxygens (including phenoxy) is 2. The maximum atomic E-state index is 13.9. The SMILES string of the molecule is COc1ccc(CCC(=O)N(Cc2cccc(Br)c2)[C@H](Cc2ccccc2)C(=O)NC(C)(C)C)cc1OC. The van der Waals surface area contributed by atoms with Gasteiger partial charge in [0.05, 0.1) is 14.2 Å². The number of benzene rings is 3. The van der Waals surface area contributed by atoms with E-state index >= 15 is 0 Å². The van der Waals surface area contributed by atoms with Gasteiger partial charge in [0.25, 0.3) is 0 Å². The lowest BCUT2D eigenvalue weighted by molar-refractivity contribution is -0.141. The summed E-state index contributed by atoms with van der Waals surface area (Å²) >= 11 is 3.53. The molecule has 3 aromatic carbocycles. The molecule has 0 saturated heterocycles. The van der Waals surface area contributed by atoms with E-state index in [9.17, 15) is 9.59 Å². The van der Waals surface area contributed by atoms with Gasteiger partial charge in [-0.25, -0.2) is 0 Å². The number of aryl methyl sites for hydroxylation is 1. The molecule has 0 radical (unpaired) electrons. The van der Waals surface area contributed by atoms with Crippen molar-refractivity contribution in [3.8, 4) is 11.5 Å². The molecule has 0 fully saturated rings. The van der Waals surface area contributed by atoms with Gasteiger partial charge in [0, 0.05) is 29.4 Å². The number of carbonyl (C=O) groups excluding carboxylic acids is 2. The van der Waals surface area contributed by atoms with E-state index in [1.165, 1.54) is 0 Å². The summed E-state index contributed by atoms with van der Waals surface area (Å²) in [6.45, 7) is 6.16. The smallest absolute Gasteiger partial charge is 0.243 e. The number of hydrogen-bond donors (Lipinski definition) is 1. The molecular weight excluding hydrogens is 544 g/mol. The monoisotopic (exact) mass is 580 g/mol. The summed E-state index contributed by atoms with van der Waals surface area (Å²) in [5.41, 5.74) is 2.46. The van der Waals surface area contributed by atoms with Crippen LogP contribution in [0.2, 0.25) is 0 Å². The third-order valence-electron chi connectivity index (χ3n) is 6.09. The van der Waals surface area contributed by atoms with Crippen LogP contribution < -0.4 is 14.8 Å². The van der Waals surface area contributed by atoms with Crippen LogP contribution in [0.5, 0.6) is 11.5 Å². The molecule has 1 atom stereocenters. The minimum Gasteiger partial charge on any atom is -0.493 e. The first-order chi connectivity index (χ1) is 18.1. The Morgan fingerprint density at radius 3 is 2.18 bits per heavy atom. The molecule has 3 aromatic rings. The van der Waals surface area contributed by atoms with Crippen molar-refractivity contribution >= 4 is 27.7 Å². The Hall–Kier alpha value is -3.32. The molecule has 0 aliphatic carbocycles. The Morgan fingerprint density at radius 2 is 1.55 bits per heavy atom. The number of carbonyl (C=O) groups is 2. The highest BCUT2D eigenvalue weighted by molar-refractivity contribution is 9.10. The Morgan fingerprint density at radius 1 is 0.868 bits per heavy atom. The average molecular weight is 582 g/mol. The molecule has 0 bridgehead atoms. The van der Waals surface area contributed by atoms with Crippen LogP contribution in [-0.4, -0.2) is 42.5 Å². The van der Waals surface area contributed by atoms with Gasteiger partial charge in [0.2, 0.25) is 11.8 Å². The molecule has 2 amide bonds. The van der Waals surface area contributed by atoms with Crippen LogP contribution in [0, 0.1) is 0 Å². The predicted molar refractivity (Wildman–Crippen MR) is 154 cm³/mol. The fourth-order valence-electron chi connectivity index (χ4n) is 4.27. The lowest BCUT2D eigenvalue weighted by Crippen LogP contribution is -2.54. The maximum Gasteiger partial charge on any atom is 0.243 e. The van der Waals surface area contributed by atoms with Gasteiger partial charge >= 0.3 is 0 Å². The van der Waals surface area contributed by atoms with E-state index in [0.29, 0.717) is 30.9 Å². The summed E-state index contributed by atoms with van der Waals surface area (Å²) in [5.74, 6) is 0.996. The summed E-state index contributed by atoms with van der Waals surface area (Å²) < 4.78 is 11.7. The van der Waals surface area contributed by atoms with Gasteiger partial charge in [-0.1, -0.05) is 64.5 Å². The molecule has 0 aliphatic rings.